The highest BCUT2D eigenvalue weighted by Gasteiger charge is 2.52. The van der Waals surface area contributed by atoms with Gasteiger partial charge in [0.1, 0.15) is 17.5 Å². The maximum atomic E-state index is 12.7. The van der Waals surface area contributed by atoms with Crippen LogP contribution in [0.25, 0.3) is 12.2 Å². The Morgan fingerprint density at radius 1 is 0.875 bits per heavy atom. The van der Waals surface area contributed by atoms with Crippen LogP contribution >= 0.6 is 0 Å². The number of phenols is 3. The van der Waals surface area contributed by atoms with E-state index in [2.05, 4.69) is 5.32 Å². The molecule has 0 aliphatic heterocycles. The van der Waals surface area contributed by atoms with Gasteiger partial charge in [0.2, 0.25) is 0 Å². The second kappa shape index (κ2) is 11.8. The number of aliphatic hydroxyl groups is 2. The molecule has 11 heteroatoms. The van der Waals surface area contributed by atoms with Crippen molar-refractivity contribution >= 4 is 30.0 Å². The molecule has 40 heavy (non-hydrogen) atoms. The number of carbonyl (C=O) groups excluding carboxylic acids is 3. The fourth-order valence-electron chi connectivity index (χ4n) is 4.30. The van der Waals surface area contributed by atoms with E-state index in [-0.39, 0.29) is 23.3 Å². The topological polar surface area (TPSA) is 183 Å². The molecule has 6 N–H and O–H groups in total. The standard InChI is InChI=1S/C29H31NO10/c1-16-2-3-17(12-21(16)32)5-10-25(35)39-24-15-29(38,28(37)30-19-7-8-19)14-23(34)27(24)40-26(36)11-6-18-4-9-20(31)22(33)13-18/h2-6,9-13,19,23-24,27,31-34,38H,7-8,14-15H2,1H3,(H,30,37)/b10-5+,11-6+/t23-,24-,27-,29+/m1/s1. The van der Waals surface area contributed by atoms with Gasteiger partial charge in [0.25, 0.3) is 5.91 Å². The first-order valence-corrected chi connectivity index (χ1v) is 12.7. The van der Waals surface area contributed by atoms with E-state index in [1.165, 1.54) is 36.4 Å². The van der Waals surface area contributed by atoms with E-state index in [1.54, 1.807) is 19.1 Å². The van der Waals surface area contributed by atoms with Crippen molar-refractivity contribution < 1.29 is 49.4 Å². The zero-order valence-corrected chi connectivity index (χ0v) is 21.7. The van der Waals surface area contributed by atoms with E-state index in [0.717, 1.165) is 25.0 Å². The lowest BCUT2D eigenvalue weighted by molar-refractivity contribution is -0.198. The number of carbonyl (C=O) groups is 3. The molecule has 0 spiro atoms. The maximum Gasteiger partial charge on any atom is 0.331 e. The fourth-order valence-corrected chi connectivity index (χ4v) is 4.30. The second-order valence-corrected chi connectivity index (χ2v) is 10.1. The number of benzene rings is 2. The number of ether oxygens (including phenoxy) is 2. The molecule has 2 aromatic carbocycles. The van der Waals surface area contributed by atoms with Crippen molar-refractivity contribution in [3.8, 4) is 17.2 Å². The molecule has 0 bridgehead atoms. The van der Waals surface area contributed by atoms with Crippen LogP contribution in [-0.2, 0) is 23.9 Å². The summed E-state index contributed by atoms with van der Waals surface area (Å²) < 4.78 is 10.8. The Balaban J connectivity index is 1.50. The summed E-state index contributed by atoms with van der Waals surface area (Å²) >= 11 is 0. The van der Waals surface area contributed by atoms with Crippen molar-refractivity contribution in [2.24, 2.45) is 0 Å². The van der Waals surface area contributed by atoms with E-state index in [0.29, 0.717) is 16.7 Å². The minimum Gasteiger partial charge on any atom is -0.508 e. The third kappa shape index (κ3) is 7.19. The van der Waals surface area contributed by atoms with Crippen LogP contribution in [0.1, 0.15) is 42.4 Å². The number of aliphatic hydroxyl groups excluding tert-OH is 1. The second-order valence-electron chi connectivity index (χ2n) is 10.1. The Labute approximate surface area is 230 Å². The fraction of sp³-hybridized carbons (Fsp3) is 0.345. The molecule has 0 aromatic heterocycles. The summed E-state index contributed by atoms with van der Waals surface area (Å²) in [4.78, 5) is 38.0. The molecule has 1 amide bonds. The van der Waals surface area contributed by atoms with Crippen LogP contribution < -0.4 is 5.32 Å². The normalized spacial score (nSPS) is 24.6. The zero-order chi connectivity index (χ0) is 29.0. The van der Waals surface area contributed by atoms with Crippen molar-refractivity contribution in [1.82, 2.24) is 5.32 Å². The van der Waals surface area contributed by atoms with E-state index < -0.39 is 54.6 Å². The molecule has 212 valence electrons. The molecule has 0 heterocycles. The monoisotopic (exact) mass is 553 g/mol. The van der Waals surface area contributed by atoms with E-state index >= 15 is 0 Å². The number of hydrogen-bond acceptors (Lipinski definition) is 10. The molecule has 2 saturated carbocycles. The highest BCUT2D eigenvalue weighted by Crippen LogP contribution is 2.34. The third-order valence-electron chi connectivity index (χ3n) is 6.74. The summed E-state index contributed by atoms with van der Waals surface area (Å²) in [6, 6.07) is 8.63. The van der Waals surface area contributed by atoms with Gasteiger partial charge in [-0.3, -0.25) is 4.79 Å². The largest absolute Gasteiger partial charge is 0.508 e. The van der Waals surface area contributed by atoms with Crippen molar-refractivity contribution in [3.63, 3.8) is 0 Å². The maximum absolute atomic E-state index is 12.7. The van der Waals surface area contributed by atoms with Gasteiger partial charge in [0.15, 0.2) is 17.6 Å². The molecule has 0 radical (unpaired) electrons. The molecule has 0 saturated heterocycles. The first kappa shape index (κ1) is 28.7. The van der Waals surface area contributed by atoms with Gasteiger partial charge in [-0.15, -0.1) is 0 Å². The third-order valence-corrected chi connectivity index (χ3v) is 6.74. The number of nitrogens with one attached hydrogen (secondary N) is 1. The summed E-state index contributed by atoms with van der Waals surface area (Å²) in [5.41, 5.74) is -0.530. The molecule has 11 nitrogen and oxygen atoms in total. The van der Waals surface area contributed by atoms with Crippen molar-refractivity contribution in [2.75, 3.05) is 0 Å². The van der Waals surface area contributed by atoms with Crippen LogP contribution in [0.3, 0.4) is 0 Å². The van der Waals surface area contributed by atoms with Gasteiger partial charge in [-0.05, 0) is 66.8 Å². The Morgan fingerprint density at radius 3 is 2.08 bits per heavy atom. The van der Waals surface area contributed by atoms with Gasteiger partial charge in [0, 0.05) is 31.0 Å². The number of aromatic hydroxyl groups is 3. The number of hydrogen-bond donors (Lipinski definition) is 6. The van der Waals surface area contributed by atoms with Crippen molar-refractivity contribution in [3.05, 3.63) is 65.2 Å². The minimum atomic E-state index is -2.07. The highest BCUT2D eigenvalue weighted by molar-refractivity contribution is 5.89. The molecule has 4 rings (SSSR count). The lowest BCUT2D eigenvalue weighted by Gasteiger charge is -2.41. The van der Waals surface area contributed by atoms with Gasteiger partial charge in [-0.1, -0.05) is 18.2 Å². The van der Waals surface area contributed by atoms with E-state index in [4.69, 9.17) is 9.47 Å². The first-order chi connectivity index (χ1) is 18.9. The summed E-state index contributed by atoms with van der Waals surface area (Å²) in [5.74, 6) is -3.20. The summed E-state index contributed by atoms with van der Waals surface area (Å²) in [5, 5.41) is 53.5. The van der Waals surface area contributed by atoms with Gasteiger partial charge >= 0.3 is 11.9 Å². The predicted octanol–water partition coefficient (Wildman–Crippen LogP) is 1.83. The van der Waals surface area contributed by atoms with Gasteiger partial charge < -0.3 is 40.3 Å². The molecular formula is C29H31NO10. The average Bonchev–Trinajstić information content (AvgIpc) is 3.71. The van der Waals surface area contributed by atoms with Gasteiger partial charge in [-0.25, -0.2) is 9.59 Å². The van der Waals surface area contributed by atoms with Gasteiger partial charge in [-0.2, -0.15) is 0 Å². The Kier molecular flexibility index (Phi) is 8.46. The summed E-state index contributed by atoms with van der Waals surface area (Å²) in [6.07, 6.45) is 1.12. The number of rotatable bonds is 8. The van der Waals surface area contributed by atoms with Crippen molar-refractivity contribution in [1.29, 1.82) is 0 Å². The van der Waals surface area contributed by atoms with Crippen LogP contribution in [0.4, 0.5) is 0 Å². The SMILES string of the molecule is Cc1ccc(/C=C/C(=O)O[C@@H]2C[C@](O)(C(=O)NC3CC3)C[C@@H](O)[C@H]2OC(=O)/C=C/c2ccc(O)c(O)c2)cc1O. The minimum absolute atomic E-state index is 0.0419. The molecule has 2 aliphatic rings. The lowest BCUT2D eigenvalue weighted by atomic mass is 9.78. The average molecular weight is 554 g/mol. The van der Waals surface area contributed by atoms with Crippen LogP contribution in [-0.4, -0.2) is 73.3 Å². The Morgan fingerprint density at radius 2 is 1.48 bits per heavy atom. The van der Waals surface area contributed by atoms with Crippen LogP contribution in [0.15, 0.2) is 48.6 Å². The molecule has 2 aromatic rings. The molecule has 2 aliphatic carbocycles. The highest BCUT2D eigenvalue weighted by atomic mass is 16.6. The summed E-state index contributed by atoms with van der Waals surface area (Å²) in [7, 11) is 0. The van der Waals surface area contributed by atoms with Crippen molar-refractivity contribution in [2.45, 2.75) is 62.6 Å². The molecule has 2 fully saturated rings. The van der Waals surface area contributed by atoms with E-state index in [1.807, 2.05) is 0 Å². The predicted molar refractivity (Wildman–Crippen MR) is 142 cm³/mol. The molecular weight excluding hydrogens is 522 g/mol. The van der Waals surface area contributed by atoms with E-state index in [9.17, 15) is 39.9 Å². The van der Waals surface area contributed by atoms with Crippen LogP contribution in [0.5, 0.6) is 17.2 Å². The quantitative estimate of drug-likeness (QED) is 0.160. The molecule has 4 atom stereocenters. The molecule has 0 unspecified atom stereocenters. The Bertz CT molecular complexity index is 1350. The summed E-state index contributed by atoms with van der Waals surface area (Å²) in [6.45, 7) is 1.72. The van der Waals surface area contributed by atoms with Gasteiger partial charge in [0.05, 0.1) is 6.10 Å². The lowest BCUT2D eigenvalue weighted by Crippen LogP contribution is -2.60. The van der Waals surface area contributed by atoms with Crippen LogP contribution in [0, 0.1) is 6.92 Å². The zero-order valence-electron chi connectivity index (χ0n) is 21.7. The first-order valence-electron chi connectivity index (χ1n) is 12.7. The Hall–Kier alpha value is -4.35. The number of amides is 1. The smallest absolute Gasteiger partial charge is 0.331 e. The number of esters is 2. The van der Waals surface area contributed by atoms with Crippen LogP contribution in [0.2, 0.25) is 0 Å². The number of aryl methyl sites for hydroxylation is 1. The number of phenolic OH excluding ortho intramolecular Hbond substituents is 3.